The first-order valence-electron chi connectivity index (χ1n) is 11.9. The van der Waals surface area contributed by atoms with Gasteiger partial charge in [0.25, 0.3) is 0 Å². The van der Waals surface area contributed by atoms with Crippen LogP contribution in [-0.2, 0) is 20.0 Å². The van der Waals surface area contributed by atoms with E-state index in [4.69, 9.17) is 11.5 Å². The zero-order valence-electron chi connectivity index (χ0n) is 22.1. The molecule has 0 saturated heterocycles. The highest BCUT2D eigenvalue weighted by molar-refractivity contribution is 7.89. The van der Waals surface area contributed by atoms with Gasteiger partial charge in [-0.25, -0.2) is 25.4 Å². The molecule has 0 unspecified atom stereocenters. The van der Waals surface area contributed by atoms with Gasteiger partial charge >= 0.3 is 0 Å². The largest absolute Gasteiger partial charge is 0.399 e. The maximum atomic E-state index is 12.4. The second kappa shape index (κ2) is 12.1. The minimum Gasteiger partial charge on any atom is -0.399 e. The highest BCUT2D eigenvalue weighted by Crippen LogP contribution is 2.28. The van der Waals surface area contributed by atoms with Crippen LogP contribution in [0.2, 0.25) is 0 Å². The number of nitrogen functional groups attached to an aromatic ring is 2. The SMILES string of the molecule is CCS(=O)(=O)N(C)CCN(c1ccc(N)c(C)c1)N(CCN(C)S(=O)(=O)CC)c1ccc(N)c(C)c1. The van der Waals surface area contributed by atoms with Crippen molar-refractivity contribution in [3.8, 4) is 0 Å². The van der Waals surface area contributed by atoms with Crippen LogP contribution in [0.3, 0.4) is 0 Å². The summed E-state index contributed by atoms with van der Waals surface area (Å²) in [6.07, 6.45) is 0. The molecule has 10 nitrogen and oxygen atoms in total. The van der Waals surface area contributed by atoms with Gasteiger partial charge in [-0.3, -0.25) is 10.0 Å². The molecule has 0 saturated carbocycles. The van der Waals surface area contributed by atoms with Gasteiger partial charge in [0.15, 0.2) is 0 Å². The Hall–Kier alpha value is -2.54. The standard InChI is InChI=1S/C24H40N6O4S2/c1-7-35(31,32)27(5)13-15-29(21-9-11-23(25)19(3)17-21)30(16-14-28(6)36(33,34)8-2)22-10-12-24(26)20(4)18-22/h9-12,17-18H,7-8,13-16,25-26H2,1-6H3. The van der Waals surface area contributed by atoms with Crippen molar-refractivity contribution in [2.24, 2.45) is 0 Å². The fourth-order valence-corrected chi connectivity index (χ4v) is 5.21. The topological polar surface area (TPSA) is 133 Å². The van der Waals surface area contributed by atoms with E-state index in [1.807, 2.05) is 60.3 Å². The molecule has 0 atom stereocenters. The van der Waals surface area contributed by atoms with Crippen LogP contribution in [0.15, 0.2) is 36.4 Å². The van der Waals surface area contributed by atoms with Crippen LogP contribution in [0.25, 0.3) is 0 Å². The van der Waals surface area contributed by atoms with Crippen LogP contribution >= 0.6 is 0 Å². The average Bonchev–Trinajstić information content (AvgIpc) is 2.84. The lowest BCUT2D eigenvalue weighted by Crippen LogP contribution is -2.50. The van der Waals surface area contributed by atoms with Gasteiger partial charge in [0.1, 0.15) is 0 Å². The van der Waals surface area contributed by atoms with E-state index in [1.54, 1.807) is 27.9 Å². The van der Waals surface area contributed by atoms with Gasteiger partial charge in [0, 0.05) is 38.6 Å². The third-order valence-electron chi connectivity index (χ3n) is 6.33. The van der Waals surface area contributed by atoms with E-state index >= 15 is 0 Å². The summed E-state index contributed by atoms with van der Waals surface area (Å²) in [6, 6.07) is 11.2. The predicted molar refractivity (Wildman–Crippen MR) is 150 cm³/mol. The summed E-state index contributed by atoms with van der Waals surface area (Å²) in [5.41, 5.74) is 16.8. The van der Waals surface area contributed by atoms with E-state index in [9.17, 15) is 16.8 Å². The fraction of sp³-hybridized carbons (Fsp3) is 0.500. The van der Waals surface area contributed by atoms with Crippen LogP contribution < -0.4 is 21.5 Å². The third kappa shape index (κ3) is 7.25. The van der Waals surface area contributed by atoms with Gasteiger partial charge in [-0.1, -0.05) is 0 Å². The molecule has 0 aromatic heterocycles. The Bertz CT molecular complexity index is 1150. The molecule has 0 heterocycles. The van der Waals surface area contributed by atoms with E-state index in [0.29, 0.717) is 24.5 Å². The summed E-state index contributed by atoms with van der Waals surface area (Å²) in [6.45, 7) is 8.15. The van der Waals surface area contributed by atoms with Gasteiger partial charge < -0.3 is 11.5 Å². The molecule has 0 bridgehead atoms. The van der Waals surface area contributed by atoms with Gasteiger partial charge in [-0.15, -0.1) is 0 Å². The van der Waals surface area contributed by atoms with Crippen molar-refractivity contribution in [2.75, 3.05) is 73.3 Å². The van der Waals surface area contributed by atoms with Crippen molar-refractivity contribution in [3.05, 3.63) is 47.5 Å². The molecule has 0 radical (unpaired) electrons. The predicted octanol–water partition coefficient (Wildman–Crippen LogP) is 2.26. The summed E-state index contributed by atoms with van der Waals surface area (Å²) in [7, 11) is -3.64. The maximum absolute atomic E-state index is 12.4. The zero-order chi connectivity index (χ0) is 27.3. The lowest BCUT2D eigenvalue weighted by molar-refractivity contribution is 0.455. The minimum absolute atomic E-state index is 0.00498. The van der Waals surface area contributed by atoms with Crippen molar-refractivity contribution in [2.45, 2.75) is 27.7 Å². The van der Waals surface area contributed by atoms with Crippen molar-refractivity contribution in [1.29, 1.82) is 0 Å². The Morgan fingerprint density at radius 3 is 1.25 bits per heavy atom. The molecule has 0 aliphatic rings. The zero-order valence-corrected chi connectivity index (χ0v) is 23.7. The lowest BCUT2D eigenvalue weighted by Gasteiger charge is -2.40. The molecule has 202 valence electrons. The van der Waals surface area contributed by atoms with Crippen LogP contribution in [0, 0.1) is 13.8 Å². The first kappa shape index (κ1) is 29.7. The van der Waals surface area contributed by atoms with Crippen LogP contribution in [0.1, 0.15) is 25.0 Å². The second-order valence-corrected chi connectivity index (χ2v) is 13.5. The number of benzene rings is 2. The number of aryl methyl sites for hydroxylation is 2. The monoisotopic (exact) mass is 540 g/mol. The van der Waals surface area contributed by atoms with Gasteiger partial charge in [-0.05, 0) is 75.2 Å². The number of hydrazine groups is 1. The molecule has 0 aliphatic heterocycles. The average molecular weight is 541 g/mol. The molecule has 36 heavy (non-hydrogen) atoms. The van der Waals surface area contributed by atoms with Gasteiger partial charge in [-0.2, -0.15) is 0 Å². The summed E-state index contributed by atoms with van der Waals surface area (Å²) >= 11 is 0. The molecule has 0 spiro atoms. The molecule has 12 heteroatoms. The molecule has 4 N–H and O–H groups in total. The Morgan fingerprint density at radius 2 is 0.972 bits per heavy atom. The first-order chi connectivity index (χ1) is 16.7. The van der Waals surface area contributed by atoms with Crippen LogP contribution in [-0.4, -0.2) is 77.2 Å². The van der Waals surface area contributed by atoms with Gasteiger partial charge in [0.05, 0.1) is 36.0 Å². The van der Waals surface area contributed by atoms with Crippen molar-refractivity contribution < 1.29 is 16.8 Å². The van der Waals surface area contributed by atoms with E-state index in [-0.39, 0.29) is 24.6 Å². The molecular formula is C24H40N6O4S2. The van der Waals surface area contributed by atoms with E-state index < -0.39 is 20.0 Å². The number of hydrogen-bond donors (Lipinski definition) is 2. The van der Waals surface area contributed by atoms with E-state index in [0.717, 1.165) is 22.5 Å². The molecule has 0 aliphatic carbocycles. The molecule has 0 fully saturated rings. The van der Waals surface area contributed by atoms with Crippen LogP contribution in [0.5, 0.6) is 0 Å². The Morgan fingerprint density at radius 1 is 0.639 bits per heavy atom. The number of nitrogens with two attached hydrogens (primary N) is 2. The summed E-state index contributed by atoms with van der Waals surface area (Å²) in [5.74, 6) is 0.00996. The van der Waals surface area contributed by atoms with Crippen molar-refractivity contribution >= 4 is 42.8 Å². The van der Waals surface area contributed by atoms with Gasteiger partial charge in [0.2, 0.25) is 20.0 Å². The summed E-state index contributed by atoms with van der Waals surface area (Å²) in [5, 5.41) is 3.93. The molecule has 2 aromatic rings. The second-order valence-electron chi connectivity index (χ2n) is 8.77. The van der Waals surface area contributed by atoms with E-state index in [1.165, 1.54) is 8.61 Å². The first-order valence-corrected chi connectivity index (χ1v) is 15.1. The smallest absolute Gasteiger partial charge is 0.213 e. The molecule has 0 amide bonds. The number of nitrogens with zero attached hydrogens (tertiary/aromatic N) is 4. The number of hydrogen-bond acceptors (Lipinski definition) is 8. The lowest BCUT2D eigenvalue weighted by atomic mass is 10.1. The quantitative estimate of drug-likeness (QED) is 0.292. The molecule has 2 aromatic carbocycles. The normalized spacial score (nSPS) is 12.3. The van der Waals surface area contributed by atoms with Crippen molar-refractivity contribution in [3.63, 3.8) is 0 Å². The minimum atomic E-state index is -3.38. The third-order valence-corrected chi connectivity index (χ3v) is 10.1. The highest BCUT2D eigenvalue weighted by atomic mass is 32.2. The molecular weight excluding hydrogens is 500 g/mol. The Labute approximate surface area is 216 Å². The molecule has 2 rings (SSSR count). The Kier molecular flexibility index (Phi) is 10.0. The van der Waals surface area contributed by atoms with E-state index in [2.05, 4.69) is 0 Å². The number of likely N-dealkylation sites (N-methyl/N-ethyl adjacent to an activating group) is 2. The highest BCUT2D eigenvalue weighted by Gasteiger charge is 2.24. The summed E-state index contributed by atoms with van der Waals surface area (Å²) in [4.78, 5) is 0. The van der Waals surface area contributed by atoms with Crippen molar-refractivity contribution in [1.82, 2.24) is 8.61 Å². The number of rotatable bonds is 13. The fourth-order valence-electron chi connectivity index (χ4n) is 3.61. The number of sulfonamides is 2. The van der Waals surface area contributed by atoms with Crippen LogP contribution in [0.4, 0.5) is 22.7 Å². The Balaban J connectivity index is 2.56. The summed E-state index contributed by atoms with van der Waals surface area (Å²) < 4.78 is 52.3. The maximum Gasteiger partial charge on any atom is 0.213 e. The number of anilines is 4.